The Labute approximate surface area is 205 Å². The van der Waals surface area contributed by atoms with E-state index in [1.165, 1.54) is 4.68 Å². The molecule has 0 spiro atoms. The average molecular weight is 495 g/mol. The first-order chi connectivity index (χ1) is 16.2. The second-order valence-corrected chi connectivity index (χ2v) is 8.67. The van der Waals surface area contributed by atoms with Gasteiger partial charge in [-0.15, -0.1) is 0 Å². The molecular formula is C25H20Cl2N4O3. The number of amides is 3. The summed E-state index contributed by atoms with van der Waals surface area (Å²) in [7, 11) is 0. The van der Waals surface area contributed by atoms with Crippen LogP contribution in [0.25, 0.3) is 10.9 Å². The van der Waals surface area contributed by atoms with Crippen LogP contribution in [0.1, 0.15) is 21.6 Å². The second kappa shape index (κ2) is 9.59. The Morgan fingerprint density at radius 1 is 0.706 bits per heavy atom. The van der Waals surface area contributed by atoms with Crippen LogP contribution in [0, 0.1) is 13.8 Å². The molecule has 0 saturated carbocycles. The van der Waals surface area contributed by atoms with Crippen LogP contribution in [0.2, 0.25) is 10.0 Å². The zero-order valence-corrected chi connectivity index (χ0v) is 19.8. The normalized spacial score (nSPS) is 10.7. The molecule has 7 nitrogen and oxygen atoms in total. The van der Waals surface area contributed by atoms with E-state index >= 15 is 0 Å². The SMILES string of the molecule is Cc1cc(C)cc(NC(=O)c2cc3cc(Cl)ccc3n2NC(=O)C(=O)Nc2ccc(Cl)cc2)c1. The van der Waals surface area contributed by atoms with E-state index < -0.39 is 17.7 Å². The quantitative estimate of drug-likeness (QED) is 0.326. The Morgan fingerprint density at radius 3 is 2.03 bits per heavy atom. The highest BCUT2D eigenvalue weighted by atomic mass is 35.5. The molecule has 0 atom stereocenters. The maximum Gasteiger partial charge on any atom is 0.328 e. The molecule has 0 aliphatic heterocycles. The zero-order valence-electron chi connectivity index (χ0n) is 18.3. The lowest BCUT2D eigenvalue weighted by molar-refractivity contribution is -0.133. The van der Waals surface area contributed by atoms with Crippen LogP contribution >= 0.6 is 23.2 Å². The highest BCUT2D eigenvalue weighted by molar-refractivity contribution is 6.42. The smallest absolute Gasteiger partial charge is 0.321 e. The standard InChI is InChI=1S/C25H20Cl2N4O3/c1-14-9-15(2)11-20(10-14)29-23(32)22-13-16-12-18(27)5-8-21(16)31(22)30-25(34)24(33)28-19-6-3-17(26)4-7-19/h3-13H,1-2H3,(H,28,33)(H,29,32)(H,30,34). The predicted octanol–water partition coefficient (Wildman–Crippen LogP) is 5.53. The minimum absolute atomic E-state index is 0.129. The molecule has 34 heavy (non-hydrogen) atoms. The minimum atomic E-state index is -0.956. The van der Waals surface area contributed by atoms with Gasteiger partial charge in [0.1, 0.15) is 5.69 Å². The summed E-state index contributed by atoms with van der Waals surface area (Å²) in [5, 5.41) is 6.93. The summed E-state index contributed by atoms with van der Waals surface area (Å²) < 4.78 is 1.27. The molecule has 0 radical (unpaired) electrons. The first-order valence-electron chi connectivity index (χ1n) is 10.3. The van der Waals surface area contributed by atoms with Crippen molar-refractivity contribution in [2.75, 3.05) is 16.1 Å². The lowest BCUT2D eigenvalue weighted by Gasteiger charge is -2.13. The number of benzene rings is 3. The largest absolute Gasteiger partial charge is 0.328 e. The third-order valence-corrected chi connectivity index (χ3v) is 5.48. The molecule has 0 saturated heterocycles. The van der Waals surface area contributed by atoms with Crippen LogP contribution in [0.15, 0.2) is 66.7 Å². The van der Waals surface area contributed by atoms with Gasteiger partial charge in [0.2, 0.25) is 0 Å². The van der Waals surface area contributed by atoms with Gasteiger partial charge < -0.3 is 10.6 Å². The van der Waals surface area contributed by atoms with Crippen LogP contribution in [-0.4, -0.2) is 22.4 Å². The van der Waals surface area contributed by atoms with E-state index in [1.807, 2.05) is 32.0 Å². The summed E-state index contributed by atoms with van der Waals surface area (Å²) in [5.41, 5.74) is 6.15. The average Bonchev–Trinajstić information content (AvgIpc) is 3.12. The number of halogens is 2. The Hall–Kier alpha value is -3.81. The number of hydrogen-bond donors (Lipinski definition) is 3. The van der Waals surface area contributed by atoms with Gasteiger partial charge in [-0.1, -0.05) is 29.3 Å². The zero-order chi connectivity index (χ0) is 24.4. The summed E-state index contributed by atoms with van der Waals surface area (Å²) in [5.74, 6) is -2.32. The van der Waals surface area contributed by atoms with Gasteiger partial charge >= 0.3 is 11.8 Å². The number of hydrogen-bond acceptors (Lipinski definition) is 3. The van der Waals surface area contributed by atoms with Crippen LogP contribution < -0.4 is 16.1 Å². The minimum Gasteiger partial charge on any atom is -0.321 e. The van der Waals surface area contributed by atoms with Gasteiger partial charge in [-0.25, -0.2) is 4.68 Å². The van der Waals surface area contributed by atoms with E-state index in [0.717, 1.165) is 11.1 Å². The maximum absolute atomic E-state index is 13.2. The van der Waals surface area contributed by atoms with E-state index in [9.17, 15) is 14.4 Å². The first-order valence-corrected chi connectivity index (χ1v) is 11.0. The Bertz CT molecular complexity index is 1410. The Kier molecular flexibility index (Phi) is 6.58. The maximum atomic E-state index is 13.2. The summed E-state index contributed by atoms with van der Waals surface area (Å²) >= 11 is 12.0. The van der Waals surface area contributed by atoms with Crippen LogP contribution in [0.5, 0.6) is 0 Å². The number of carbonyl (C=O) groups excluding carboxylic acids is 3. The van der Waals surface area contributed by atoms with Crippen molar-refractivity contribution in [3.63, 3.8) is 0 Å². The molecule has 1 heterocycles. The molecule has 0 aliphatic carbocycles. The third kappa shape index (κ3) is 5.22. The van der Waals surface area contributed by atoms with Crippen molar-refractivity contribution in [2.24, 2.45) is 0 Å². The third-order valence-electron chi connectivity index (χ3n) is 5.00. The van der Waals surface area contributed by atoms with Gasteiger partial charge in [0, 0.05) is 26.8 Å². The molecule has 0 fully saturated rings. The second-order valence-electron chi connectivity index (χ2n) is 7.80. The molecule has 3 aromatic carbocycles. The van der Waals surface area contributed by atoms with E-state index in [1.54, 1.807) is 48.5 Å². The number of rotatable bonds is 4. The molecule has 3 amide bonds. The molecule has 4 aromatic rings. The van der Waals surface area contributed by atoms with Crippen molar-refractivity contribution in [1.82, 2.24) is 4.68 Å². The number of nitrogens with one attached hydrogen (secondary N) is 3. The van der Waals surface area contributed by atoms with E-state index in [2.05, 4.69) is 16.1 Å². The predicted molar refractivity (Wildman–Crippen MR) is 135 cm³/mol. The summed E-state index contributed by atoms with van der Waals surface area (Å²) in [6.07, 6.45) is 0. The summed E-state index contributed by atoms with van der Waals surface area (Å²) in [6.45, 7) is 3.86. The van der Waals surface area contributed by atoms with Gasteiger partial charge in [0.05, 0.1) is 5.52 Å². The molecular weight excluding hydrogens is 475 g/mol. The highest BCUT2D eigenvalue weighted by Crippen LogP contribution is 2.24. The number of carbonyl (C=O) groups is 3. The summed E-state index contributed by atoms with van der Waals surface area (Å²) in [6, 6.07) is 18.5. The fraction of sp³-hybridized carbons (Fsp3) is 0.0800. The number of nitrogens with zero attached hydrogens (tertiary/aromatic N) is 1. The molecule has 1 aromatic heterocycles. The molecule has 0 bridgehead atoms. The van der Waals surface area contributed by atoms with Gasteiger partial charge in [0.25, 0.3) is 5.91 Å². The van der Waals surface area contributed by atoms with Crippen molar-refractivity contribution < 1.29 is 14.4 Å². The van der Waals surface area contributed by atoms with Gasteiger partial charge in [-0.2, -0.15) is 0 Å². The van der Waals surface area contributed by atoms with E-state index in [0.29, 0.717) is 32.3 Å². The molecule has 3 N–H and O–H groups in total. The number of aromatic nitrogens is 1. The van der Waals surface area contributed by atoms with Crippen LogP contribution in [-0.2, 0) is 9.59 Å². The van der Waals surface area contributed by atoms with E-state index in [4.69, 9.17) is 23.2 Å². The van der Waals surface area contributed by atoms with Crippen molar-refractivity contribution >= 4 is 63.2 Å². The first kappa shape index (κ1) is 23.4. The fourth-order valence-electron chi connectivity index (χ4n) is 3.59. The Morgan fingerprint density at radius 2 is 1.35 bits per heavy atom. The molecule has 9 heteroatoms. The molecule has 0 unspecified atom stereocenters. The lowest BCUT2D eigenvalue weighted by atomic mass is 10.1. The van der Waals surface area contributed by atoms with E-state index in [-0.39, 0.29) is 5.69 Å². The lowest BCUT2D eigenvalue weighted by Crippen LogP contribution is -2.36. The molecule has 172 valence electrons. The number of fused-ring (bicyclic) bond motifs is 1. The number of anilines is 2. The van der Waals surface area contributed by atoms with Crippen molar-refractivity contribution in [1.29, 1.82) is 0 Å². The number of aryl methyl sites for hydroxylation is 2. The van der Waals surface area contributed by atoms with Crippen molar-refractivity contribution in [3.8, 4) is 0 Å². The fourth-order valence-corrected chi connectivity index (χ4v) is 3.90. The van der Waals surface area contributed by atoms with Crippen LogP contribution in [0.3, 0.4) is 0 Å². The molecule has 4 rings (SSSR count). The monoisotopic (exact) mass is 494 g/mol. The van der Waals surface area contributed by atoms with Gasteiger partial charge in [0.15, 0.2) is 0 Å². The van der Waals surface area contributed by atoms with Gasteiger partial charge in [-0.05, 0) is 85.6 Å². The summed E-state index contributed by atoms with van der Waals surface area (Å²) in [4.78, 5) is 38.3. The Balaban J connectivity index is 1.63. The molecule has 0 aliphatic rings. The van der Waals surface area contributed by atoms with Crippen molar-refractivity contribution in [2.45, 2.75) is 13.8 Å². The topological polar surface area (TPSA) is 92.2 Å². The highest BCUT2D eigenvalue weighted by Gasteiger charge is 2.21. The van der Waals surface area contributed by atoms with Crippen molar-refractivity contribution in [3.05, 3.63) is 93.6 Å². The van der Waals surface area contributed by atoms with Crippen LogP contribution in [0.4, 0.5) is 11.4 Å². The van der Waals surface area contributed by atoms with Gasteiger partial charge in [-0.3, -0.25) is 19.8 Å².